The molecule has 1 unspecified atom stereocenters. The van der Waals surface area contributed by atoms with E-state index in [0.717, 1.165) is 44.6 Å². The molecular formula is C16H27N3O2. The Morgan fingerprint density at radius 3 is 2.81 bits per heavy atom. The number of hydrogen-bond acceptors (Lipinski definition) is 5. The lowest BCUT2D eigenvalue weighted by molar-refractivity contribution is -0.126. The monoisotopic (exact) mass is 293 g/mol. The highest BCUT2D eigenvalue weighted by Gasteiger charge is 2.41. The first kappa shape index (κ1) is 16.2. The van der Waals surface area contributed by atoms with Crippen LogP contribution in [0.2, 0.25) is 0 Å². The zero-order valence-corrected chi connectivity index (χ0v) is 13.1. The van der Waals surface area contributed by atoms with E-state index in [1.54, 1.807) is 6.20 Å². The van der Waals surface area contributed by atoms with Crippen LogP contribution in [0.15, 0.2) is 18.3 Å². The van der Waals surface area contributed by atoms with Crippen LogP contribution in [0.5, 0.6) is 0 Å². The van der Waals surface area contributed by atoms with Crippen molar-refractivity contribution in [3.63, 3.8) is 0 Å². The molecule has 1 aromatic rings. The number of hydrogen-bond donors (Lipinski definition) is 2. The van der Waals surface area contributed by atoms with Crippen LogP contribution in [0.25, 0.3) is 0 Å². The number of rotatable bonds is 7. The quantitative estimate of drug-likeness (QED) is 0.802. The maximum absolute atomic E-state index is 6.19. The number of aromatic nitrogens is 1. The molecular weight excluding hydrogens is 266 g/mol. The van der Waals surface area contributed by atoms with Gasteiger partial charge in [-0.15, -0.1) is 0 Å². The van der Waals surface area contributed by atoms with Gasteiger partial charge < -0.3 is 20.5 Å². The minimum absolute atomic E-state index is 0.175. The second-order valence-corrected chi connectivity index (χ2v) is 5.47. The normalized spacial score (nSPS) is 19.3. The van der Waals surface area contributed by atoms with Crippen LogP contribution in [-0.4, -0.2) is 43.0 Å². The third kappa shape index (κ3) is 3.93. The van der Waals surface area contributed by atoms with E-state index in [2.05, 4.69) is 24.1 Å². The Morgan fingerprint density at radius 2 is 2.19 bits per heavy atom. The van der Waals surface area contributed by atoms with Gasteiger partial charge in [0, 0.05) is 44.9 Å². The van der Waals surface area contributed by atoms with Gasteiger partial charge in [0.05, 0.1) is 5.60 Å². The zero-order chi connectivity index (χ0) is 15.1. The third-order valence-electron chi connectivity index (χ3n) is 4.21. The van der Waals surface area contributed by atoms with Gasteiger partial charge in [-0.05, 0) is 31.5 Å². The van der Waals surface area contributed by atoms with E-state index in [0.29, 0.717) is 12.4 Å². The van der Waals surface area contributed by atoms with Crippen molar-refractivity contribution in [2.45, 2.75) is 44.8 Å². The fourth-order valence-electron chi connectivity index (χ4n) is 3.13. The molecule has 1 aliphatic heterocycles. The molecule has 1 atom stereocenters. The van der Waals surface area contributed by atoms with Gasteiger partial charge in [-0.1, -0.05) is 13.0 Å². The van der Waals surface area contributed by atoms with E-state index >= 15 is 0 Å². The minimum Gasteiger partial charge on any atom is -0.383 e. The van der Waals surface area contributed by atoms with E-state index < -0.39 is 0 Å². The Kier molecular flexibility index (Phi) is 5.96. The maximum Gasteiger partial charge on any atom is 0.126 e. The summed E-state index contributed by atoms with van der Waals surface area (Å²) >= 11 is 0. The SMILES string of the molecule is CCNC(Cc1cccnc1N)C1(OCC)CCOCC1. The molecule has 2 rings (SSSR count). The molecule has 0 bridgehead atoms. The standard InChI is InChI=1S/C16H27N3O2/c1-3-18-14(12-13-6-5-9-19-15(13)17)16(21-4-2)7-10-20-11-8-16/h5-6,9,14,18H,3-4,7-8,10-12H2,1-2H3,(H2,17,19). The highest BCUT2D eigenvalue weighted by Crippen LogP contribution is 2.31. The Hall–Kier alpha value is -1.17. The number of nitrogens with two attached hydrogens (primary N) is 1. The molecule has 1 fully saturated rings. The molecule has 0 amide bonds. The second-order valence-electron chi connectivity index (χ2n) is 5.47. The Bertz CT molecular complexity index is 428. The summed E-state index contributed by atoms with van der Waals surface area (Å²) in [6, 6.07) is 4.20. The van der Waals surface area contributed by atoms with E-state index in [1.807, 2.05) is 12.1 Å². The molecule has 0 spiro atoms. The summed E-state index contributed by atoms with van der Waals surface area (Å²) in [6.07, 6.45) is 4.39. The third-order valence-corrected chi connectivity index (χ3v) is 4.21. The first-order valence-electron chi connectivity index (χ1n) is 7.86. The van der Waals surface area contributed by atoms with Gasteiger partial charge in [-0.3, -0.25) is 0 Å². The summed E-state index contributed by atoms with van der Waals surface area (Å²) in [6.45, 7) is 7.30. The summed E-state index contributed by atoms with van der Waals surface area (Å²) in [7, 11) is 0. The first-order chi connectivity index (χ1) is 10.2. The molecule has 5 nitrogen and oxygen atoms in total. The lowest BCUT2D eigenvalue weighted by Gasteiger charge is -2.43. The van der Waals surface area contributed by atoms with Crippen molar-refractivity contribution in [1.82, 2.24) is 10.3 Å². The van der Waals surface area contributed by atoms with Crippen LogP contribution in [0.3, 0.4) is 0 Å². The van der Waals surface area contributed by atoms with E-state index in [-0.39, 0.29) is 11.6 Å². The molecule has 2 heterocycles. The molecule has 0 aromatic carbocycles. The Morgan fingerprint density at radius 1 is 1.43 bits per heavy atom. The van der Waals surface area contributed by atoms with Crippen molar-refractivity contribution in [2.24, 2.45) is 0 Å². The van der Waals surface area contributed by atoms with Crippen LogP contribution in [-0.2, 0) is 15.9 Å². The minimum atomic E-state index is -0.175. The summed E-state index contributed by atoms with van der Waals surface area (Å²) in [4.78, 5) is 4.19. The lowest BCUT2D eigenvalue weighted by atomic mass is 9.82. The summed E-state index contributed by atoms with van der Waals surface area (Å²) in [5.41, 5.74) is 6.91. The van der Waals surface area contributed by atoms with Crippen LogP contribution < -0.4 is 11.1 Å². The van der Waals surface area contributed by atoms with Crippen molar-refractivity contribution in [3.05, 3.63) is 23.9 Å². The van der Waals surface area contributed by atoms with Crippen molar-refractivity contribution in [3.8, 4) is 0 Å². The molecule has 21 heavy (non-hydrogen) atoms. The highest BCUT2D eigenvalue weighted by molar-refractivity contribution is 5.39. The van der Waals surface area contributed by atoms with Crippen molar-refractivity contribution < 1.29 is 9.47 Å². The fourth-order valence-corrected chi connectivity index (χ4v) is 3.13. The molecule has 0 aliphatic carbocycles. The maximum atomic E-state index is 6.19. The van der Waals surface area contributed by atoms with Crippen molar-refractivity contribution in [2.75, 3.05) is 32.1 Å². The van der Waals surface area contributed by atoms with Crippen LogP contribution in [0.4, 0.5) is 5.82 Å². The highest BCUT2D eigenvalue weighted by atomic mass is 16.5. The zero-order valence-electron chi connectivity index (χ0n) is 13.1. The number of nitrogen functional groups attached to an aromatic ring is 1. The first-order valence-corrected chi connectivity index (χ1v) is 7.86. The average Bonchev–Trinajstić information content (AvgIpc) is 2.50. The molecule has 0 saturated carbocycles. The van der Waals surface area contributed by atoms with Crippen LogP contribution >= 0.6 is 0 Å². The second kappa shape index (κ2) is 7.73. The van der Waals surface area contributed by atoms with Crippen molar-refractivity contribution >= 4 is 5.82 Å². The Balaban J connectivity index is 2.21. The number of nitrogens with one attached hydrogen (secondary N) is 1. The number of anilines is 1. The topological polar surface area (TPSA) is 69.4 Å². The molecule has 0 radical (unpaired) electrons. The average molecular weight is 293 g/mol. The summed E-state index contributed by atoms with van der Waals surface area (Å²) in [5.74, 6) is 0.610. The number of nitrogens with zero attached hydrogens (tertiary/aromatic N) is 1. The summed E-state index contributed by atoms with van der Waals surface area (Å²) < 4.78 is 11.7. The molecule has 3 N–H and O–H groups in total. The lowest BCUT2D eigenvalue weighted by Crippen LogP contribution is -2.56. The molecule has 1 saturated heterocycles. The molecule has 118 valence electrons. The van der Waals surface area contributed by atoms with Crippen LogP contribution in [0, 0.1) is 0 Å². The van der Waals surface area contributed by atoms with Gasteiger partial charge in [0.15, 0.2) is 0 Å². The largest absolute Gasteiger partial charge is 0.383 e. The van der Waals surface area contributed by atoms with E-state index in [1.165, 1.54) is 0 Å². The predicted molar refractivity (Wildman–Crippen MR) is 84.2 cm³/mol. The van der Waals surface area contributed by atoms with Gasteiger partial charge in [-0.25, -0.2) is 4.98 Å². The summed E-state index contributed by atoms with van der Waals surface area (Å²) in [5, 5.41) is 3.59. The fraction of sp³-hybridized carbons (Fsp3) is 0.688. The van der Waals surface area contributed by atoms with E-state index in [4.69, 9.17) is 15.2 Å². The molecule has 1 aromatic heterocycles. The van der Waals surface area contributed by atoms with Gasteiger partial charge in [0.1, 0.15) is 5.82 Å². The Labute approximate surface area is 127 Å². The van der Waals surface area contributed by atoms with E-state index in [9.17, 15) is 0 Å². The van der Waals surface area contributed by atoms with Gasteiger partial charge >= 0.3 is 0 Å². The van der Waals surface area contributed by atoms with Gasteiger partial charge in [-0.2, -0.15) is 0 Å². The van der Waals surface area contributed by atoms with Crippen molar-refractivity contribution in [1.29, 1.82) is 0 Å². The van der Waals surface area contributed by atoms with Gasteiger partial charge in [0.25, 0.3) is 0 Å². The van der Waals surface area contributed by atoms with Gasteiger partial charge in [0.2, 0.25) is 0 Å². The predicted octanol–water partition coefficient (Wildman–Crippen LogP) is 1.77. The molecule has 5 heteroatoms. The smallest absolute Gasteiger partial charge is 0.126 e. The number of likely N-dealkylation sites (N-methyl/N-ethyl adjacent to an activating group) is 1. The number of pyridine rings is 1. The number of ether oxygens (including phenoxy) is 2. The molecule has 1 aliphatic rings. The van der Waals surface area contributed by atoms with Crippen LogP contribution in [0.1, 0.15) is 32.3 Å².